The van der Waals surface area contributed by atoms with Crippen molar-refractivity contribution in [2.45, 2.75) is 32.2 Å². The van der Waals surface area contributed by atoms with Crippen LogP contribution in [0.3, 0.4) is 0 Å². The van der Waals surface area contributed by atoms with E-state index < -0.39 is 0 Å². The van der Waals surface area contributed by atoms with E-state index in [9.17, 15) is 0 Å². The Balaban J connectivity index is 1.81. The number of benzene rings is 1. The van der Waals surface area contributed by atoms with E-state index in [1.165, 1.54) is 30.4 Å². The molecule has 2 saturated carbocycles. The molecular weight excluding hydrogens is 194 g/mol. The summed E-state index contributed by atoms with van der Waals surface area (Å²) in [5.74, 6) is 2.97. The maximum absolute atomic E-state index is 3.54. The second kappa shape index (κ2) is 3.89. The normalized spacial score (nSPS) is 33.5. The van der Waals surface area contributed by atoms with Gasteiger partial charge in [-0.3, -0.25) is 0 Å². The first-order chi connectivity index (χ1) is 7.81. The second-order valence-electron chi connectivity index (χ2n) is 5.52. The Kier molecular flexibility index (Phi) is 2.51. The molecule has 86 valence electrons. The van der Waals surface area contributed by atoms with E-state index in [1.54, 1.807) is 0 Å². The standard InChI is InChI=1S/C15H21N/c1-10-5-3-6-11(9-10)15(16-2)14-12-7-4-8-13(12)14/h3,5-6,9,12-16H,4,7-8H2,1-2H3. The van der Waals surface area contributed by atoms with Gasteiger partial charge in [0, 0.05) is 6.04 Å². The van der Waals surface area contributed by atoms with Crippen LogP contribution in [0.15, 0.2) is 24.3 Å². The SMILES string of the molecule is CNC(c1cccc(C)c1)C1C2CCCC21. The van der Waals surface area contributed by atoms with Crippen molar-refractivity contribution in [3.05, 3.63) is 35.4 Å². The number of fused-ring (bicyclic) bond motifs is 1. The first-order valence-electron chi connectivity index (χ1n) is 6.55. The Morgan fingerprint density at radius 2 is 2.00 bits per heavy atom. The Hall–Kier alpha value is -0.820. The Morgan fingerprint density at radius 1 is 1.25 bits per heavy atom. The fourth-order valence-corrected chi connectivity index (χ4v) is 3.82. The lowest BCUT2D eigenvalue weighted by molar-refractivity contribution is 0.444. The Bertz CT molecular complexity index is 375. The topological polar surface area (TPSA) is 12.0 Å². The average molecular weight is 215 g/mol. The molecule has 3 unspecified atom stereocenters. The number of hydrogen-bond donors (Lipinski definition) is 1. The number of hydrogen-bond acceptors (Lipinski definition) is 1. The summed E-state index contributed by atoms with van der Waals surface area (Å²) in [5.41, 5.74) is 2.87. The molecule has 16 heavy (non-hydrogen) atoms. The summed E-state index contributed by atoms with van der Waals surface area (Å²) in [5, 5.41) is 3.54. The molecule has 1 nitrogen and oxygen atoms in total. The fourth-order valence-electron chi connectivity index (χ4n) is 3.82. The molecule has 3 atom stereocenters. The van der Waals surface area contributed by atoms with Gasteiger partial charge < -0.3 is 5.32 Å². The van der Waals surface area contributed by atoms with Crippen molar-refractivity contribution in [2.24, 2.45) is 17.8 Å². The summed E-state index contributed by atoms with van der Waals surface area (Å²) >= 11 is 0. The highest BCUT2D eigenvalue weighted by Crippen LogP contribution is 2.62. The van der Waals surface area contributed by atoms with Crippen LogP contribution in [0.2, 0.25) is 0 Å². The van der Waals surface area contributed by atoms with Gasteiger partial charge in [-0.05, 0) is 50.1 Å². The third-order valence-corrected chi connectivity index (χ3v) is 4.57. The summed E-state index contributed by atoms with van der Waals surface area (Å²) < 4.78 is 0. The van der Waals surface area contributed by atoms with E-state index >= 15 is 0 Å². The second-order valence-corrected chi connectivity index (χ2v) is 5.52. The lowest BCUT2D eigenvalue weighted by Crippen LogP contribution is -2.20. The zero-order chi connectivity index (χ0) is 11.1. The summed E-state index contributed by atoms with van der Waals surface area (Å²) in [4.78, 5) is 0. The summed E-state index contributed by atoms with van der Waals surface area (Å²) in [6, 6.07) is 9.59. The molecule has 0 aromatic heterocycles. The van der Waals surface area contributed by atoms with Crippen LogP contribution in [-0.4, -0.2) is 7.05 Å². The van der Waals surface area contributed by atoms with Crippen molar-refractivity contribution in [2.75, 3.05) is 7.05 Å². The highest BCUT2D eigenvalue weighted by molar-refractivity contribution is 5.28. The van der Waals surface area contributed by atoms with Crippen molar-refractivity contribution in [3.63, 3.8) is 0 Å². The monoisotopic (exact) mass is 215 g/mol. The smallest absolute Gasteiger partial charge is 0.0351 e. The van der Waals surface area contributed by atoms with Gasteiger partial charge in [0.15, 0.2) is 0 Å². The van der Waals surface area contributed by atoms with Crippen molar-refractivity contribution in [1.29, 1.82) is 0 Å². The van der Waals surface area contributed by atoms with Crippen molar-refractivity contribution in [3.8, 4) is 0 Å². The van der Waals surface area contributed by atoms with Gasteiger partial charge in [-0.1, -0.05) is 36.2 Å². The first-order valence-corrected chi connectivity index (χ1v) is 6.55. The molecule has 0 heterocycles. The minimum Gasteiger partial charge on any atom is -0.313 e. The van der Waals surface area contributed by atoms with E-state index in [4.69, 9.17) is 0 Å². The number of nitrogens with one attached hydrogen (secondary N) is 1. The highest BCUT2D eigenvalue weighted by atomic mass is 14.9. The van der Waals surface area contributed by atoms with Gasteiger partial charge in [-0.25, -0.2) is 0 Å². The third-order valence-electron chi connectivity index (χ3n) is 4.57. The molecule has 0 amide bonds. The van der Waals surface area contributed by atoms with Gasteiger partial charge in [-0.15, -0.1) is 0 Å². The minimum absolute atomic E-state index is 0.593. The maximum atomic E-state index is 3.54. The molecule has 0 aliphatic heterocycles. The lowest BCUT2D eigenvalue weighted by Gasteiger charge is -2.19. The largest absolute Gasteiger partial charge is 0.313 e. The molecule has 3 rings (SSSR count). The van der Waals surface area contributed by atoms with Gasteiger partial charge in [0.05, 0.1) is 0 Å². The molecule has 1 N–H and O–H groups in total. The third kappa shape index (κ3) is 1.58. The Labute approximate surface area is 98.3 Å². The van der Waals surface area contributed by atoms with Gasteiger partial charge in [0.1, 0.15) is 0 Å². The van der Waals surface area contributed by atoms with Crippen LogP contribution >= 0.6 is 0 Å². The quantitative estimate of drug-likeness (QED) is 0.815. The van der Waals surface area contributed by atoms with Gasteiger partial charge in [0.2, 0.25) is 0 Å². The van der Waals surface area contributed by atoms with E-state index in [1.807, 2.05) is 0 Å². The minimum atomic E-state index is 0.593. The first kappa shape index (κ1) is 10.3. The van der Waals surface area contributed by atoms with E-state index in [2.05, 4.69) is 43.6 Å². The molecule has 2 aliphatic rings. The zero-order valence-corrected chi connectivity index (χ0v) is 10.2. The van der Waals surface area contributed by atoms with Crippen LogP contribution in [-0.2, 0) is 0 Å². The van der Waals surface area contributed by atoms with Crippen molar-refractivity contribution in [1.82, 2.24) is 5.32 Å². The van der Waals surface area contributed by atoms with Crippen LogP contribution in [0.1, 0.15) is 36.4 Å². The van der Waals surface area contributed by atoms with Crippen molar-refractivity contribution < 1.29 is 0 Å². The fraction of sp³-hybridized carbons (Fsp3) is 0.600. The molecule has 0 radical (unpaired) electrons. The molecule has 0 bridgehead atoms. The van der Waals surface area contributed by atoms with Crippen LogP contribution in [0, 0.1) is 24.7 Å². The molecule has 2 fully saturated rings. The van der Waals surface area contributed by atoms with E-state index in [0.717, 1.165) is 17.8 Å². The van der Waals surface area contributed by atoms with Crippen LogP contribution in [0.4, 0.5) is 0 Å². The molecular formula is C15H21N. The van der Waals surface area contributed by atoms with E-state index in [-0.39, 0.29) is 0 Å². The van der Waals surface area contributed by atoms with Gasteiger partial charge in [-0.2, -0.15) is 0 Å². The zero-order valence-electron chi connectivity index (χ0n) is 10.2. The number of aryl methyl sites for hydroxylation is 1. The molecule has 0 saturated heterocycles. The Morgan fingerprint density at radius 3 is 2.62 bits per heavy atom. The van der Waals surface area contributed by atoms with E-state index in [0.29, 0.717) is 6.04 Å². The summed E-state index contributed by atoms with van der Waals surface area (Å²) in [7, 11) is 2.11. The van der Waals surface area contributed by atoms with Gasteiger partial charge in [0.25, 0.3) is 0 Å². The molecule has 1 aromatic rings. The number of rotatable bonds is 3. The van der Waals surface area contributed by atoms with Gasteiger partial charge >= 0.3 is 0 Å². The molecule has 0 spiro atoms. The lowest BCUT2D eigenvalue weighted by atomic mass is 9.96. The van der Waals surface area contributed by atoms with Crippen LogP contribution in [0.25, 0.3) is 0 Å². The summed E-state index contributed by atoms with van der Waals surface area (Å²) in [6.45, 7) is 2.18. The average Bonchev–Trinajstić information content (AvgIpc) is 2.74. The molecule has 2 aliphatic carbocycles. The maximum Gasteiger partial charge on any atom is 0.0351 e. The van der Waals surface area contributed by atoms with Crippen LogP contribution < -0.4 is 5.32 Å². The van der Waals surface area contributed by atoms with Crippen LogP contribution in [0.5, 0.6) is 0 Å². The molecule has 1 aromatic carbocycles. The summed E-state index contributed by atoms with van der Waals surface area (Å²) in [6.07, 6.45) is 4.41. The predicted octanol–water partition coefficient (Wildman–Crippen LogP) is 3.30. The van der Waals surface area contributed by atoms with Crippen molar-refractivity contribution >= 4 is 0 Å². The molecule has 1 heteroatoms. The highest BCUT2D eigenvalue weighted by Gasteiger charge is 2.55. The predicted molar refractivity (Wildman–Crippen MR) is 67.3 cm³/mol.